The fourth-order valence-corrected chi connectivity index (χ4v) is 2.34. The molecule has 0 heterocycles. The van der Waals surface area contributed by atoms with Crippen LogP contribution >= 0.6 is 0 Å². The maximum Gasteiger partial charge on any atom is 0.416 e. The summed E-state index contributed by atoms with van der Waals surface area (Å²) >= 11 is 0. The van der Waals surface area contributed by atoms with Crippen LogP contribution in [0.5, 0.6) is 11.5 Å². The summed E-state index contributed by atoms with van der Waals surface area (Å²) in [5.41, 5.74) is 0.182. The summed E-state index contributed by atoms with van der Waals surface area (Å²) in [5, 5.41) is 2.55. The van der Waals surface area contributed by atoms with Crippen molar-refractivity contribution in [2.24, 2.45) is 0 Å². The highest BCUT2D eigenvalue weighted by Crippen LogP contribution is 2.29. The zero-order valence-electron chi connectivity index (χ0n) is 16.3. The minimum Gasteiger partial charge on any atom is -0.493 e. The van der Waals surface area contributed by atoms with E-state index in [0.717, 1.165) is 17.7 Å². The molecule has 7 heteroatoms. The molecule has 0 unspecified atom stereocenters. The number of methoxy groups -OCH3 is 1. The van der Waals surface area contributed by atoms with Gasteiger partial charge in [-0.3, -0.25) is 4.79 Å². The van der Waals surface area contributed by atoms with Crippen LogP contribution in [0.4, 0.5) is 13.2 Å². The van der Waals surface area contributed by atoms with Crippen molar-refractivity contribution in [2.75, 3.05) is 20.3 Å². The first-order valence-corrected chi connectivity index (χ1v) is 8.87. The molecule has 0 saturated heterocycles. The summed E-state index contributed by atoms with van der Waals surface area (Å²) in [4.78, 5) is 11.9. The van der Waals surface area contributed by atoms with Gasteiger partial charge in [0.1, 0.15) is 6.61 Å². The number of rotatable bonds is 7. The fraction of sp³-hybridized carbons (Fsp3) is 0.174. The number of ether oxygens (including phenoxy) is 2. The third-order valence-corrected chi connectivity index (χ3v) is 3.75. The first kappa shape index (κ1) is 22.6. The Hall–Kier alpha value is -3.66. The quantitative estimate of drug-likeness (QED) is 0.413. The van der Waals surface area contributed by atoms with Gasteiger partial charge in [-0.2, -0.15) is 13.2 Å². The molecule has 4 nitrogen and oxygen atoms in total. The van der Waals surface area contributed by atoms with Crippen molar-refractivity contribution in [3.8, 4) is 23.3 Å². The molecule has 1 amide bonds. The second kappa shape index (κ2) is 10.8. The summed E-state index contributed by atoms with van der Waals surface area (Å²) in [7, 11) is 1.51. The number of hydrogen-bond acceptors (Lipinski definition) is 3. The van der Waals surface area contributed by atoms with Crippen molar-refractivity contribution >= 4 is 12.0 Å². The molecule has 0 bridgehead atoms. The van der Waals surface area contributed by atoms with Crippen LogP contribution in [0.2, 0.25) is 0 Å². The topological polar surface area (TPSA) is 47.6 Å². The molecule has 0 spiro atoms. The van der Waals surface area contributed by atoms with Gasteiger partial charge < -0.3 is 14.8 Å². The van der Waals surface area contributed by atoms with Crippen LogP contribution in [0.25, 0.3) is 6.08 Å². The van der Waals surface area contributed by atoms with E-state index >= 15 is 0 Å². The van der Waals surface area contributed by atoms with Crippen molar-refractivity contribution in [2.45, 2.75) is 6.18 Å². The van der Waals surface area contributed by atoms with Crippen LogP contribution < -0.4 is 14.8 Å². The third-order valence-electron chi connectivity index (χ3n) is 3.75. The van der Waals surface area contributed by atoms with E-state index in [1.165, 1.54) is 25.3 Å². The zero-order valence-corrected chi connectivity index (χ0v) is 16.3. The van der Waals surface area contributed by atoms with Crippen molar-refractivity contribution in [3.05, 3.63) is 77.9 Å². The lowest BCUT2D eigenvalue weighted by Gasteiger charge is -2.09. The van der Waals surface area contributed by atoms with Gasteiger partial charge in [-0.15, -0.1) is 0 Å². The Balaban J connectivity index is 1.92. The van der Waals surface area contributed by atoms with Crippen LogP contribution in [0, 0.1) is 11.8 Å². The van der Waals surface area contributed by atoms with Gasteiger partial charge in [0, 0.05) is 11.6 Å². The van der Waals surface area contributed by atoms with Gasteiger partial charge >= 0.3 is 6.18 Å². The summed E-state index contributed by atoms with van der Waals surface area (Å²) in [6.45, 7) is 3.92. The summed E-state index contributed by atoms with van der Waals surface area (Å²) in [6.07, 6.45) is 0.114. The summed E-state index contributed by atoms with van der Waals surface area (Å²) in [5.74, 6) is 5.91. The van der Waals surface area contributed by atoms with Crippen LogP contribution in [0.1, 0.15) is 16.7 Å². The molecular formula is C23H20F3NO3. The van der Waals surface area contributed by atoms with Gasteiger partial charge in [-0.1, -0.05) is 36.6 Å². The minimum atomic E-state index is -4.42. The smallest absolute Gasteiger partial charge is 0.416 e. The predicted molar refractivity (Wildman–Crippen MR) is 109 cm³/mol. The number of halogens is 3. The monoisotopic (exact) mass is 415 g/mol. The van der Waals surface area contributed by atoms with Crippen molar-refractivity contribution in [1.82, 2.24) is 5.32 Å². The number of amides is 1. The van der Waals surface area contributed by atoms with Gasteiger partial charge in [0.05, 0.1) is 19.2 Å². The van der Waals surface area contributed by atoms with Crippen LogP contribution in [-0.4, -0.2) is 26.2 Å². The molecule has 1 N–H and O–H groups in total. The fourth-order valence-electron chi connectivity index (χ4n) is 2.34. The number of carbonyl (C=O) groups is 1. The highest BCUT2D eigenvalue weighted by atomic mass is 19.4. The first-order chi connectivity index (χ1) is 14.3. The van der Waals surface area contributed by atoms with Gasteiger partial charge in [0.25, 0.3) is 0 Å². The van der Waals surface area contributed by atoms with Crippen LogP contribution in [0.3, 0.4) is 0 Å². The summed E-state index contributed by atoms with van der Waals surface area (Å²) < 4.78 is 48.8. The molecule has 2 rings (SSSR count). The molecule has 30 heavy (non-hydrogen) atoms. The highest BCUT2D eigenvalue weighted by Gasteiger charge is 2.30. The average Bonchev–Trinajstić information content (AvgIpc) is 2.73. The molecule has 0 aliphatic rings. The Morgan fingerprint density at radius 3 is 2.70 bits per heavy atom. The van der Waals surface area contributed by atoms with Crippen molar-refractivity contribution in [1.29, 1.82) is 0 Å². The number of nitrogens with one attached hydrogen (secondary N) is 1. The van der Waals surface area contributed by atoms with Gasteiger partial charge in [0.2, 0.25) is 5.91 Å². The molecular weight excluding hydrogens is 395 g/mol. The van der Waals surface area contributed by atoms with Gasteiger partial charge in [-0.05, 0) is 42.0 Å². The Bertz CT molecular complexity index is 985. The first-order valence-electron chi connectivity index (χ1n) is 8.87. The standard InChI is InChI=1S/C23H20F3NO3/c1-3-14-30-20-11-9-18(16-21(20)29-2)10-12-22(28)27-13-5-7-17-6-4-8-19(15-17)23(24,25)26/h3-4,6,8-12,15-16H,1,13-14H2,2H3,(H,27,28)/b12-10+. The largest absolute Gasteiger partial charge is 0.493 e. The minimum absolute atomic E-state index is 0.00291. The van der Waals surface area contributed by atoms with E-state index in [1.54, 1.807) is 30.4 Å². The normalized spacial score (nSPS) is 10.8. The van der Waals surface area contributed by atoms with Crippen LogP contribution in [-0.2, 0) is 11.0 Å². The molecule has 0 radical (unpaired) electrons. The molecule has 0 saturated carbocycles. The van der Waals surface area contributed by atoms with Crippen LogP contribution in [0.15, 0.2) is 61.2 Å². The van der Waals surface area contributed by atoms with E-state index in [2.05, 4.69) is 23.7 Å². The molecule has 0 aliphatic carbocycles. The SMILES string of the molecule is C=CCOc1ccc(/C=C/C(=O)NCC#Cc2cccc(C(F)(F)F)c2)cc1OC. The van der Waals surface area contributed by atoms with E-state index in [0.29, 0.717) is 18.1 Å². The lowest BCUT2D eigenvalue weighted by molar-refractivity contribution is -0.137. The van der Waals surface area contributed by atoms with E-state index in [4.69, 9.17) is 9.47 Å². The van der Waals surface area contributed by atoms with Crippen molar-refractivity contribution < 1.29 is 27.4 Å². The second-order valence-electron chi connectivity index (χ2n) is 5.94. The number of hydrogen-bond donors (Lipinski definition) is 1. The second-order valence-corrected chi connectivity index (χ2v) is 5.94. The maximum absolute atomic E-state index is 12.7. The van der Waals surface area contributed by atoms with Gasteiger partial charge in [0.15, 0.2) is 11.5 Å². The molecule has 0 fully saturated rings. The lowest BCUT2D eigenvalue weighted by Crippen LogP contribution is -2.20. The Kier molecular flexibility index (Phi) is 8.12. The van der Waals surface area contributed by atoms with E-state index < -0.39 is 11.7 Å². The van der Waals surface area contributed by atoms with Gasteiger partial charge in [-0.25, -0.2) is 0 Å². The average molecular weight is 415 g/mol. The van der Waals surface area contributed by atoms with E-state index in [1.807, 2.05) is 0 Å². The van der Waals surface area contributed by atoms with Crippen molar-refractivity contribution in [3.63, 3.8) is 0 Å². The highest BCUT2D eigenvalue weighted by molar-refractivity contribution is 5.91. The lowest BCUT2D eigenvalue weighted by atomic mass is 10.1. The number of benzene rings is 2. The molecule has 0 aliphatic heterocycles. The predicted octanol–water partition coefficient (Wildman–Crippen LogP) is 4.46. The molecule has 156 valence electrons. The maximum atomic E-state index is 12.7. The third kappa shape index (κ3) is 7.06. The molecule has 2 aromatic rings. The Morgan fingerprint density at radius 2 is 2.00 bits per heavy atom. The number of carbonyl (C=O) groups excluding carboxylic acids is 1. The zero-order chi connectivity index (χ0) is 22.0. The number of alkyl halides is 3. The van der Waals surface area contributed by atoms with E-state index in [9.17, 15) is 18.0 Å². The Labute approximate surface area is 173 Å². The molecule has 2 aromatic carbocycles. The molecule has 0 aromatic heterocycles. The Morgan fingerprint density at radius 1 is 1.20 bits per heavy atom. The van der Waals surface area contributed by atoms with E-state index in [-0.39, 0.29) is 18.0 Å². The summed E-state index contributed by atoms with van der Waals surface area (Å²) in [6, 6.07) is 9.90. The molecule has 0 atom stereocenters.